The first-order valence-electron chi connectivity index (χ1n) is 4.16. The third kappa shape index (κ3) is 7.85. The van der Waals surface area contributed by atoms with Crippen molar-refractivity contribution in [2.24, 2.45) is 5.16 Å². The van der Waals surface area contributed by atoms with E-state index in [4.69, 9.17) is 9.57 Å². The van der Waals surface area contributed by atoms with Crippen molar-refractivity contribution in [3.63, 3.8) is 0 Å². The summed E-state index contributed by atoms with van der Waals surface area (Å²) in [4.78, 5) is 4.99. The molecular formula is C8H16BrNO2. The van der Waals surface area contributed by atoms with Crippen LogP contribution < -0.4 is 0 Å². The number of hydrogen-bond acceptors (Lipinski definition) is 3. The largest absolute Gasteiger partial charge is 0.479 e. The maximum atomic E-state index is 5.06. The van der Waals surface area contributed by atoms with E-state index in [1.807, 2.05) is 6.92 Å². The number of oxime groups is 1. The first-order valence-corrected chi connectivity index (χ1v) is 5.28. The Labute approximate surface area is 82.2 Å². The van der Waals surface area contributed by atoms with Gasteiger partial charge in [-0.25, -0.2) is 0 Å². The molecule has 0 spiro atoms. The van der Waals surface area contributed by atoms with Gasteiger partial charge in [-0.1, -0.05) is 21.1 Å². The van der Waals surface area contributed by atoms with Gasteiger partial charge in [-0.15, -0.1) is 0 Å². The fourth-order valence-electron chi connectivity index (χ4n) is 0.633. The summed E-state index contributed by atoms with van der Waals surface area (Å²) in [5, 5.41) is 4.78. The van der Waals surface area contributed by atoms with E-state index in [0.29, 0.717) is 19.1 Å². The van der Waals surface area contributed by atoms with E-state index >= 15 is 0 Å². The van der Waals surface area contributed by atoms with Crippen LogP contribution in [-0.4, -0.2) is 24.4 Å². The molecule has 0 aromatic heterocycles. The number of unbranched alkanes of at least 4 members (excludes halogenated alkanes) is 1. The number of ether oxygens (including phenoxy) is 1. The number of nitrogens with zero attached hydrogens (tertiary/aromatic N) is 1. The van der Waals surface area contributed by atoms with Gasteiger partial charge in [0.25, 0.3) is 0 Å². The van der Waals surface area contributed by atoms with Crippen molar-refractivity contribution >= 4 is 21.8 Å². The lowest BCUT2D eigenvalue weighted by atomic mass is 10.4. The Morgan fingerprint density at radius 3 is 2.75 bits per heavy atom. The van der Waals surface area contributed by atoms with E-state index in [1.54, 1.807) is 6.92 Å². The number of rotatable bonds is 6. The lowest BCUT2D eigenvalue weighted by Crippen LogP contribution is -2.00. The maximum Gasteiger partial charge on any atom is 0.222 e. The van der Waals surface area contributed by atoms with Crippen molar-refractivity contribution in [2.45, 2.75) is 26.7 Å². The fraction of sp³-hybridized carbons (Fsp3) is 0.875. The summed E-state index contributed by atoms with van der Waals surface area (Å²) in [5.74, 6) is 0.594. The smallest absolute Gasteiger partial charge is 0.222 e. The molecule has 0 aliphatic heterocycles. The lowest BCUT2D eigenvalue weighted by Gasteiger charge is -2.01. The van der Waals surface area contributed by atoms with Crippen LogP contribution in [0.3, 0.4) is 0 Å². The molecule has 0 aromatic carbocycles. The SMILES string of the molecule is CCO/C(C)=N/OCCCCBr. The zero-order valence-corrected chi connectivity index (χ0v) is 9.26. The predicted molar refractivity (Wildman–Crippen MR) is 53.7 cm³/mol. The average molecular weight is 238 g/mol. The topological polar surface area (TPSA) is 30.8 Å². The van der Waals surface area contributed by atoms with Crippen molar-refractivity contribution in [1.82, 2.24) is 0 Å². The normalized spacial score (nSPS) is 11.4. The van der Waals surface area contributed by atoms with Gasteiger partial charge in [-0.3, -0.25) is 0 Å². The third-order valence-corrected chi connectivity index (χ3v) is 1.73. The van der Waals surface area contributed by atoms with Gasteiger partial charge in [0.05, 0.1) is 6.61 Å². The Bertz CT molecular complexity index is 128. The molecule has 0 N–H and O–H groups in total. The summed E-state index contributed by atoms with van der Waals surface area (Å²) >= 11 is 3.34. The number of alkyl halides is 1. The quantitative estimate of drug-likeness (QED) is 0.234. The maximum absolute atomic E-state index is 5.06. The molecule has 0 bridgehead atoms. The fourth-order valence-corrected chi connectivity index (χ4v) is 1.03. The van der Waals surface area contributed by atoms with Crippen molar-refractivity contribution in [3.8, 4) is 0 Å². The summed E-state index contributed by atoms with van der Waals surface area (Å²) in [7, 11) is 0. The van der Waals surface area contributed by atoms with Gasteiger partial charge in [-0.05, 0) is 19.8 Å². The van der Waals surface area contributed by atoms with Gasteiger partial charge in [0.15, 0.2) is 0 Å². The molecule has 0 radical (unpaired) electrons. The molecule has 0 aliphatic carbocycles. The van der Waals surface area contributed by atoms with Crippen molar-refractivity contribution in [1.29, 1.82) is 0 Å². The highest BCUT2D eigenvalue weighted by Gasteiger charge is 1.89. The Hall–Kier alpha value is -0.250. The molecule has 0 aliphatic rings. The van der Waals surface area contributed by atoms with E-state index in [9.17, 15) is 0 Å². The average Bonchev–Trinajstić information content (AvgIpc) is 2.05. The van der Waals surface area contributed by atoms with E-state index in [0.717, 1.165) is 18.2 Å². The van der Waals surface area contributed by atoms with Gasteiger partial charge in [0, 0.05) is 12.3 Å². The van der Waals surface area contributed by atoms with Crippen molar-refractivity contribution in [3.05, 3.63) is 0 Å². The Morgan fingerprint density at radius 1 is 1.42 bits per heavy atom. The Balaban J connectivity index is 3.21. The minimum Gasteiger partial charge on any atom is -0.479 e. The summed E-state index contributed by atoms with van der Waals surface area (Å²) < 4.78 is 5.06. The summed E-state index contributed by atoms with van der Waals surface area (Å²) in [6.45, 7) is 5.01. The van der Waals surface area contributed by atoms with E-state index in [1.165, 1.54) is 0 Å². The Kier molecular flexibility index (Phi) is 8.66. The van der Waals surface area contributed by atoms with Gasteiger partial charge in [0.2, 0.25) is 5.90 Å². The molecule has 4 heteroatoms. The second kappa shape index (κ2) is 8.84. The first kappa shape index (κ1) is 11.8. The molecule has 0 unspecified atom stereocenters. The zero-order valence-electron chi connectivity index (χ0n) is 7.68. The molecule has 0 atom stereocenters. The molecule has 0 amide bonds. The molecule has 0 saturated heterocycles. The summed E-state index contributed by atoms with van der Waals surface area (Å²) in [5.41, 5.74) is 0. The standard InChI is InChI=1S/C8H16BrNO2/c1-3-11-8(2)10-12-7-5-4-6-9/h3-7H2,1-2H3/b10-8+. The van der Waals surface area contributed by atoms with Crippen LogP contribution in [0.15, 0.2) is 5.16 Å². The van der Waals surface area contributed by atoms with Crippen LogP contribution in [0.25, 0.3) is 0 Å². The molecule has 0 heterocycles. The molecule has 72 valence electrons. The number of halogens is 1. The summed E-state index contributed by atoms with van der Waals surface area (Å²) in [6, 6.07) is 0. The molecule has 0 fully saturated rings. The molecule has 0 aromatic rings. The highest BCUT2D eigenvalue weighted by molar-refractivity contribution is 9.09. The van der Waals surface area contributed by atoms with Crippen LogP contribution in [0.4, 0.5) is 0 Å². The zero-order chi connectivity index (χ0) is 9.23. The highest BCUT2D eigenvalue weighted by atomic mass is 79.9. The van der Waals surface area contributed by atoms with Crippen molar-refractivity contribution < 1.29 is 9.57 Å². The Morgan fingerprint density at radius 2 is 2.17 bits per heavy atom. The van der Waals surface area contributed by atoms with E-state index in [-0.39, 0.29) is 0 Å². The second-order valence-corrected chi connectivity index (χ2v) is 3.07. The van der Waals surface area contributed by atoms with E-state index < -0.39 is 0 Å². The van der Waals surface area contributed by atoms with Crippen LogP contribution in [0.5, 0.6) is 0 Å². The van der Waals surface area contributed by atoms with E-state index in [2.05, 4.69) is 21.1 Å². The van der Waals surface area contributed by atoms with Crippen LogP contribution in [-0.2, 0) is 9.57 Å². The molecule has 0 rings (SSSR count). The number of hydrogen-bond donors (Lipinski definition) is 0. The molecule has 12 heavy (non-hydrogen) atoms. The van der Waals surface area contributed by atoms with Gasteiger partial charge >= 0.3 is 0 Å². The van der Waals surface area contributed by atoms with Crippen LogP contribution in [0.2, 0.25) is 0 Å². The first-order chi connectivity index (χ1) is 5.81. The second-order valence-electron chi connectivity index (χ2n) is 2.27. The van der Waals surface area contributed by atoms with Gasteiger partial charge in [-0.2, -0.15) is 0 Å². The lowest BCUT2D eigenvalue weighted by molar-refractivity contribution is 0.130. The van der Waals surface area contributed by atoms with Gasteiger partial charge in [0.1, 0.15) is 6.61 Å². The van der Waals surface area contributed by atoms with Crippen LogP contribution >= 0.6 is 15.9 Å². The van der Waals surface area contributed by atoms with Gasteiger partial charge < -0.3 is 9.57 Å². The van der Waals surface area contributed by atoms with Crippen LogP contribution in [0.1, 0.15) is 26.7 Å². The van der Waals surface area contributed by atoms with Crippen LogP contribution in [0, 0.1) is 0 Å². The van der Waals surface area contributed by atoms with Crippen molar-refractivity contribution in [2.75, 3.05) is 18.5 Å². The minimum atomic E-state index is 0.594. The molecule has 3 nitrogen and oxygen atoms in total. The summed E-state index contributed by atoms with van der Waals surface area (Å²) in [6.07, 6.45) is 2.14. The molecule has 0 saturated carbocycles. The third-order valence-electron chi connectivity index (χ3n) is 1.17. The predicted octanol–water partition coefficient (Wildman–Crippen LogP) is 2.55. The highest BCUT2D eigenvalue weighted by Crippen LogP contribution is 1.94. The minimum absolute atomic E-state index is 0.594. The monoisotopic (exact) mass is 237 g/mol. The molecular weight excluding hydrogens is 222 g/mol.